The Hall–Kier alpha value is -1.22. The van der Waals surface area contributed by atoms with Gasteiger partial charge in [-0.2, -0.15) is 0 Å². The Labute approximate surface area is 116 Å². The molecule has 1 heterocycles. The molecule has 0 spiro atoms. The molecule has 1 aromatic rings. The molecule has 1 aliphatic rings. The van der Waals surface area contributed by atoms with E-state index < -0.39 is 0 Å². The molecule has 0 radical (unpaired) electrons. The highest BCUT2D eigenvalue weighted by atomic mass is 16.7. The average Bonchev–Trinajstić information content (AvgIpc) is 2.86. The number of ether oxygens (including phenoxy) is 2. The van der Waals surface area contributed by atoms with Crippen molar-refractivity contribution in [3.05, 3.63) is 23.8 Å². The molecule has 0 saturated carbocycles. The molecule has 0 bridgehead atoms. The van der Waals surface area contributed by atoms with E-state index in [9.17, 15) is 0 Å². The number of hydrogen-bond acceptors (Lipinski definition) is 3. The zero-order chi connectivity index (χ0) is 13.5. The first kappa shape index (κ1) is 14.2. The number of rotatable bonds is 8. The molecule has 0 aliphatic carbocycles. The second-order valence-corrected chi connectivity index (χ2v) is 5.19. The van der Waals surface area contributed by atoms with Crippen LogP contribution in [0.2, 0.25) is 0 Å². The summed E-state index contributed by atoms with van der Waals surface area (Å²) in [4.78, 5) is 0. The molecule has 1 atom stereocenters. The van der Waals surface area contributed by atoms with Crippen LogP contribution in [0.4, 0.5) is 0 Å². The smallest absolute Gasteiger partial charge is 0.231 e. The average molecular weight is 263 g/mol. The van der Waals surface area contributed by atoms with Crippen LogP contribution >= 0.6 is 0 Å². The van der Waals surface area contributed by atoms with Crippen LogP contribution in [0.1, 0.15) is 45.1 Å². The van der Waals surface area contributed by atoms with Gasteiger partial charge in [-0.3, -0.25) is 0 Å². The van der Waals surface area contributed by atoms with E-state index in [0.717, 1.165) is 24.5 Å². The van der Waals surface area contributed by atoms with Gasteiger partial charge in [-0.15, -0.1) is 0 Å². The van der Waals surface area contributed by atoms with Crippen molar-refractivity contribution in [2.24, 2.45) is 0 Å². The van der Waals surface area contributed by atoms with E-state index in [2.05, 4.69) is 31.3 Å². The first-order valence-electron chi connectivity index (χ1n) is 7.45. The molecule has 1 N–H and O–H groups in total. The highest BCUT2D eigenvalue weighted by molar-refractivity contribution is 5.44. The van der Waals surface area contributed by atoms with Gasteiger partial charge < -0.3 is 14.8 Å². The summed E-state index contributed by atoms with van der Waals surface area (Å²) in [6.45, 7) is 5.94. The van der Waals surface area contributed by atoms with Gasteiger partial charge in [0.05, 0.1) is 0 Å². The van der Waals surface area contributed by atoms with Gasteiger partial charge in [-0.1, -0.05) is 32.8 Å². The lowest BCUT2D eigenvalue weighted by atomic mass is 10.0. The van der Waals surface area contributed by atoms with E-state index in [-0.39, 0.29) is 0 Å². The van der Waals surface area contributed by atoms with E-state index in [1.807, 2.05) is 6.07 Å². The molecule has 1 aromatic carbocycles. The summed E-state index contributed by atoms with van der Waals surface area (Å²) in [6.07, 6.45) is 6.00. The largest absolute Gasteiger partial charge is 0.454 e. The standard InChI is InChI=1S/C16H25NO2/c1-3-5-9-17-14(6-4-2)10-13-7-8-15-16(11-13)19-12-18-15/h7-8,11,14,17H,3-6,9-10,12H2,1-2H3. The third-order valence-electron chi connectivity index (χ3n) is 3.52. The second-order valence-electron chi connectivity index (χ2n) is 5.19. The van der Waals surface area contributed by atoms with Gasteiger partial charge in [-0.25, -0.2) is 0 Å². The topological polar surface area (TPSA) is 30.5 Å². The Bertz CT molecular complexity index is 392. The molecule has 19 heavy (non-hydrogen) atoms. The summed E-state index contributed by atoms with van der Waals surface area (Å²) < 4.78 is 10.8. The lowest BCUT2D eigenvalue weighted by Gasteiger charge is -2.18. The van der Waals surface area contributed by atoms with Crippen LogP contribution in [0.25, 0.3) is 0 Å². The highest BCUT2D eigenvalue weighted by Crippen LogP contribution is 2.32. The third-order valence-corrected chi connectivity index (χ3v) is 3.52. The molecular weight excluding hydrogens is 238 g/mol. The van der Waals surface area contributed by atoms with Crippen molar-refractivity contribution in [1.29, 1.82) is 0 Å². The van der Waals surface area contributed by atoms with Gasteiger partial charge in [-0.05, 0) is 43.5 Å². The van der Waals surface area contributed by atoms with Crippen LogP contribution in [0, 0.1) is 0 Å². The SMILES string of the molecule is CCCCNC(CCC)Cc1ccc2c(c1)OCO2. The lowest BCUT2D eigenvalue weighted by Crippen LogP contribution is -2.31. The van der Waals surface area contributed by atoms with E-state index in [1.54, 1.807) is 0 Å². The van der Waals surface area contributed by atoms with E-state index in [0.29, 0.717) is 12.8 Å². The fourth-order valence-corrected chi connectivity index (χ4v) is 2.46. The van der Waals surface area contributed by atoms with Gasteiger partial charge in [0.2, 0.25) is 6.79 Å². The van der Waals surface area contributed by atoms with Gasteiger partial charge in [0.15, 0.2) is 11.5 Å². The molecule has 0 saturated heterocycles. The van der Waals surface area contributed by atoms with Crippen molar-refractivity contribution >= 4 is 0 Å². The Morgan fingerprint density at radius 3 is 2.79 bits per heavy atom. The molecule has 0 amide bonds. The van der Waals surface area contributed by atoms with Crippen molar-refractivity contribution in [1.82, 2.24) is 5.32 Å². The van der Waals surface area contributed by atoms with Crippen molar-refractivity contribution in [2.45, 2.75) is 52.0 Å². The van der Waals surface area contributed by atoms with Gasteiger partial charge in [0.25, 0.3) is 0 Å². The predicted octanol–water partition coefficient (Wildman–Crippen LogP) is 3.52. The quantitative estimate of drug-likeness (QED) is 0.728. The minimum atomic E-state index is 0.353. The van der Waals surface area contributed by atoms with Crippen molar-refractivity contribution in [3.63, 3.8) is 0 Å². The Kier molecular flexibility index (Phi) is 5.52. The van der Waals surface area contributed by atoms with Crippen LogP contribution in [-0.2, 0) is 6.42 Å². The van der Waals surface area contributed by atoms with E-state index >= 15 is 0 Å². The van der Waals surface area contributed by atoms with Crippen LogP contribution in [0.3, 0.4) is 0 Å². The summed E-state index contributed by atoms with van der Waals surface area (Å²) in [6, 6.07) is 6.86. The first-order valence-corrected chi connectivity index (χ1v) is 7.45. The zero-order valence-electron chi connectivity index (χ0n) is 12.1. The molecule has 1 aliphatic heterocycles. The third kappa shape index (κ3) is 4.13. The minimum absolute atomic E-state index is 0.353. The van der Waals surface area contributed by atoms with Crippen molar-refractivity contribution in [3.8, 4) is 11.5 Å². The lowest BCUT2D eigenvalue weighted by molar-refractivity contribution is 0.174. The summed E-state index contributed by atoms with van der Waals surface area (Å²) >= 11 is 0. The van der Waals surface area contributed by atoms with Gasteiger partial charge >= 0.3 is 0 Å². The highest BCUT2D eigenvalue weighted by Gasteiger charge is 2.15. The summed E-state index contributed by atoms with van der Waals surface area (Å²) in [5, 5.41) is 3.67. The molecule has 0 aromatic heterocycles. The predicted molar refractivity (Wildman–Crippen MR) is 77.9 cm³/mol. The molecule has 2 rings (SSSR count). The van der Waals surface area contributed by atoms with Crippen molar-refractivity contribution < 1.29 is 9.47 Å². The minimum Gasteiger partial charge on any atom is -0.454 e. The fourth-order valence-electron chi connectivity index (χ4n) is 2.46. The molecule has 1 unspecified atom stereocenters. The molecule has 106 valence electrons. The summed E-state index contributed by atoms with van der Waals surface area (Å²) in [5.74, 6) is 1.76. The van der Waals surface area contributed by atoms with Crippen LogP contribution < -0.4 is 14.8 Å². The molecular formula is C16H25NO2. The molecule has 3 heteroatoms. The first-order chi connectivity index (χ1) is 9.33. The van der Waals surface area contributed by atoms with Crippen LogP contribution in [-0.4, -0.2) is 19.4 Å². The number of fused-ring (bicyclic) bond motifs is 1. The van der Waals surface area contributed by atoms with E-state index in [1.165, 1.54) is 31.2 Å². The Morgan fingerprint density at radius 1 is 1.16 bits per heavy atom. The second kappa shape index (κ2) is 7.39. The number of benzene rings is 1. The van der Waals surface area contributed by atoms with Crippen LogP contribution in [0.5, 0.6) is 11.5 Å². The summed E-state index contributed by atoms with van der Waals surface area (Å²) in [7, 11) is 0. The maximum absolute atomic E-state index is 5.44. The normalized spacial score (nSPS) is 14.6. The zero-order valence-corrected chi connectivity index (χ0v) is 12.1. The molecule has 3 nitrogen and oxygen atoms in total. The molecule has 0 fully saturated rings. The maximum atomic E-state index is 5.44. The monoisotopic (exact) mass is 263 g/mol. The number of unbranched alkanes of at least 4 members (excludes halogenated alkanes) is 1. The van der Waals surface area contributed by atoms with Gasteiger partial charge in [0.1, 0.15) is 0 Å². The Morgan fingerprint density at radius 2 is 2.00 bits per heavy atom. The fraction of sp³-hybridized carbons (Fsp3) is 0.625. The summed E-state index contributed by atoms with van der Waals surface area (Å²) in [5.41, 5.74) is 1.33. The van der Waals surface area contributed by atoms with Crippen molar-refractivity contribution in [2.75, 3.05) is 13.3 Å². The number of nitrogens with one attached hydrogen (secondary N) is 1. The Balaban J connectivity index is 1.92. The van der Waals surface area contributed by atoms with Gasteiger partial charge in [0, 0.05) is 6.04 Å². The number of hydrogen-bond donors (Lipinski definition) is 1. The van der Waals surface area contributed by atoms with E-state index in [4.69, 9.17) is 9.47 Å². The maximum Gasteiger partial charge on any atom is 0.231 e. The van der Waals surface area contributed by atoms with Crippen LogP contribution in [0.15, 0.2) is 18.2 Å².